The molecule has 2 aromatic rings. The average Bonchev–Trinajstić information content (AvgIpc) is 2.94. The van der Waals surface area contributed by atoms with Gasteiger partial charge in [-0.1, -0.05) is 18.2 Å². The first-order valence-corrected chi connectivity index (χ1v) is 6.47. The second-order valence-electron chi connectivity index (χ2n) is 3.81. The second kappa shape index (κ2) is 6.12. The molecule has 6 heteroatoms. The van der Waals surface area contributed by atoms with Crippen molar-refractivity contribution in [2.24, 2.45) is 0 Å². The normalized spacial score (nSPS) is 10.7. The summed E-state index contributed by atoms with van der Waals surface area (Å²) in [6, 6.07) is 6.87. The third-order valence-electron chi connectivity index (χ3n) is 2.48. The van der Waals surface area contributed by atoms with Gasteiger partial charge in [-0.3, -0.25) is 0 Å². The molecule has 2 rings (SSSR count). The molecule has 0 spiro atoms. The largest absolute Gasteiger partial charge is 0.477 e. The number of methoxy groups -OCH3 is 1. The minimum absolute atomic E-state index is 0.200. The molecule has 1 heterocycles. The molecule has 0 radical (unpaired) electrons. The third kappa shape index (κ3) is 3.30. The minimum Gasteiger partial charge on any atom is -0.477 e. The van der Waals surface area contributed by atoms with Crippen LogP contribution < -0.4 is 0 Å². The van der Waals surface area contributed by atoms with Gasteiger partial charge in [-0.05, 0) is 23.8 Å². The summed E-state index contributed by atoms with van der Waals surface area (Å²) in [7, 11) is 1.33. The van der Waals surface area contributed by atoms with Crippen LogP contribution in [0.25, 0.3) is 12.2 Å². The van der Waals surface area contributed by atoms with E-state index in [9.17, 15) is 9.59 Å². The molecular formula is C14H11NO4S. The van der Waals surface area contributed by atoms with E-state index in [1.807, 2.05) is 0 Å². The Bertz CT molecular complexity index is 658. The van der Waals surface area contributed by atoms with Gasteiger partial charge in [0, 0.05) is 0 Å². The van der Waals surface area contributed by atoms with Gasteiger partial charge in [-0.2, -0.15) is 0 Å². The number of aromatic nitrogens is 1. The van der Waals surface area contributed by atoms with Crippen LogP contribution in [0.5, 0.6) is 0 Å². The average molecular weight is 289 g/mol. The van der Waals surface area contributed by atoms with Gasteiger partial charge >= 0.3 is 11.9 Å². The molecule has 1 aromatic heterocycles. The van der Waals surface area contributed by atoms with Crippen LogP contribution in [-0.4, -0.2) is 29.1 Å². The quantitative estimate of drug-likeness (QED) is 0.876. The number of nitrogens with zero attached hydrogens (tertiary/aromatic N) is 1. The molecular weight excluding hydrogens is 278 g/mol. The van der Waals surface area contributed by atoms with E-state index in [4.69, 9.17) is 5.11 Å². The minimum atomic E-state index is -0.982. The van der Waals surface area contributed by atoms with Crippen LogP contribution >= 0.6 is 11.3 Å². The summed E-state index contributed by atoms with van der Waals surface area (Å²) in [6.45, 7) is 0. The Kier molecular flexibility index (Phi) is 4.27. The maximum atomic E-state index is 11.3. The van der Waals surface area contributed by atoms with Crippen LogP contribution in [0.4, 0.5) is 0 Å². The van der Waals surface area contributed by atoms with Crippen LogP contribution in [-0.2, 0) is 4.74 Å². The Morgan fingerprint density at radius 3 is 2.50 bits per heavy atom. The first-order valence-electron chi connectivity index (χ1n) is 5.66. The zero-order valence-electron chi connectivity index (χ0n) is 10.6. The van der Waals surface area contributed by atoms with Gasteiger partial charge in [0.15, 0.2) is 0 Å². The number of aromatic carboxylic acids is 1. The lowest BCUT2D eigenvalue weighted by atomic mass is 10.1. The molecule has 1 N–H and O–H groups in total. The number of hydrogen-bond donors (Lipinski definition) is 1. The van der Waals surface area contributed by atoms with Crippen molar-refractivity contribution in [3.63, 3.8) is 0 Å². The van der Waals surface area contributed by atoms with Gasteiger partial charge < -0.3 is 9.84 Å². The second-order valence-corrected chi connectivity index (χ2v) is 4.88. The fraction of sp³-hybridized carbons (Fsp3) is 0.0714. The molecule has 0 amide bonds. The lowest BCUT2D eigenvalue weighted by Gasteiger charge is -1.98. The van der Waals surface area contributed by atoms with Gasteiger partial charge in [0.2, 0.25) is 0 Å². The highest BCUT2D eigenvalue weighted by Crippen LogP contribution is 2.16. The Labute approximate surface area is 119 Å². The van der Waals surface area contributed by atoms with E-state index in [0.717, 1.165) is 16.9 Å². The van der Waals surface area contributed by atoms with E-state index in [1.54, 1.807) is 36.4 Å². The summed E-state index contributed by atoms with van der Waals surface area (Å²) in [6.07, 6.45) is 4.85. The molecule has 1 aromatic carbocycles. The van der Waals surface area contributed by atoms with Gasteiger partial charge in [-0.15, -0.1) is 11.3 Å². The molecule has 0 aliphatic rings. The standard InChI is InChI=1S/C14H11NO4S/c1-19-14(18)10-5-2-9(3-6-10)4-7-12-15-8-11(20-12)13(16)17/h2-8H,1H3,(H,16,17)/b7-4+. The van der Waals surface area contributed by atoms with E-state index in [1.165, 1.54) is 13.3 Å². The smallest absolute Gasteiger partial charge is 0.347 e. The molecule has 5 nitrogen and oxygen atoms in total. The first-order chi connectivity index (χ1) is 9.60. The van der Waals surface area contributed by atoms with E-state index in [-0.39, 0.29) is 10.8 Å². The maximum absolute atomic E-state index is 11.3. The fourth-order valence-corrected chi connectivity index (χ4v) is 2.14. The number of carboxylic acid groups (broad SMARTS) is 1. The molecule has 0 aliphatic carbocycles. The van der Waals surface area contributed by atoms with Crippen molar-refractivity contribution < 1.29 is 19.4 Å². The van der Waals surface area contributed by atoms with Gasteiger partial charge in [0.25, 0.3) is 0 Å². The number of carbonyl (C=O) groups is 2. The van der Waals surface area contributed by atoms with Crippen LogP contribution in [0.15, 0.2) is 30.5 Å². The third-order valence-corrected chi connectivity index (χ3v) is 3.44. The van der Waals surface area contributed by atoms with Gasteiger partial charge in [0.1, 0.15) is 9.88 Å². The van der Waals surface area contributed by atoms with Gasteiger partial charge in [0.05, 0.1) is 18.9 Å². The van der Waals surface area contributed by atoms with Crippen LogP contribution in [0.3, 0.4) is 0 Å². The molecule has 0 bridgehead atoms. The van der Waals surface area contributed by atoms with Gasteiger partial charge in [-0.25, -0.2) is 14.6 Å². The van der Waals surface area contributed by atoms with Crippen molar-refractivity contribution >= 4 is 35.4 Å². The molecule has 0 aliphatic heterocycles. The predicted octanol–water partition coefficient (Wildman–Crippen LogP) is 2.80. The molecule has 102 valence electrons. The number of carboxylic acids is 1. The molecule has 0 unspecified atom stereocenters. The van der Waals surface area contributed by atoms with Crippen molar-refractivity contribution in [3.8, 4) is 0 Å². The summed E-state index contributed by atoms with van der Waals surface area (Å²) in [4.78, 5) is 26.2. The van der Waals surface area contributed by atoms with Crippen LogP contribution in [0, 0.1) is 0 Å². The summed E-state index contributed by atoms with van der Waals surface area (Å²) in [5, 5.41) is 9.40. The number of hydrogen-bond acceptors (Lipinski definition) is 5. The summed E-state index contributed by atoms with van der Waals surface area (Å²) < 4.78 is 4.61. The van der Waals surface area contributed by atoms with E-state index < -0.39 is 5.97 Å². The number of carbonyl (C=O) groups excluding carboxylic acids is 1. The van der Waals surface area contributed by atoms with E-state index in [0.29, 0.717) is 10.6 Å². The van der Waals surface area contributed by atoms with Crippen LogP contribution in [0.2, 0.25) is 0 Å². The Morgan fingerprint density at radius 2 is 1.95 bits per heavy atom. The monoisotopic (exact) mass is 289 g/mol. The topological polar surface area (TPSA) is 76.5 Å². The first kappa shape index (κ1) is 14.0. The number of rotatable bonds is 4. The summed E-state index contributed by atoms with van der Waals surface area (Å²) >= 11 is 1.10. The van der Waals surface area contributed by atoms with E-state index in [2.05, 4.69) is 9.72 Å². The number of thiazole rings is 1. The number of esters is 1. The van der Waals surface area contributed by atoms with E-state index >= 15 is 0 Å². The van der Waals surface area contributed by atoms with Crippen molar-refractivity contribution in [1.82, 2.24) is 4.98 Å². The summed E-state index contributed by atoms with van der Waals surface area (Å²) in [5.74, 6) is -1.36. The zero-order chi connectivity index (χ0) is 14.5. The fourth-order valence-electron chi connectivity index (χ4n) is 1.48. The summed E-state index contributed by atoms with van der Waals surface area (Å²) in [5.41, 5.74) is 1.36. The maximum Gasteiger partial charge on any atom is 0.347 e. The molecule has 0 atom stereocenters. The van der Waals surface area contributed by atoms with Crippen LogP contribution in [0.1, 0.15) is 30.6 Å². The lowest BCUT2D eigenvalue weighted by molar-refractivity contribution is 0.0600. The molecule has 0 saturated heterocycles. The highest BCUT2D eigenvalue weighted by Gasteiger charge is 2.06. The Morgan fingerprint density at radius 1 is 1.25 bits per heavy atom. The van der Waals surface area contributed by atoms with Crippen molar-refractivity contribution in [2.45, 2.75) is 0 Å². The number of benzene rings is 1. The Balaban J connectivity index is 2.10. The lowest BCUT2D eigenvalue weighted by Crippen LogP contribution is -2.00. The SMILES string of the molecule is COC(=O)c1ccc(/C=C/c2ncc(C(=O)O)s2)cc1. The highest BCUT2D eigenvalue weighted by atomic mass is 32.1. The zero-order valence-corrected chi connectivity index (χ0v) is 11.4. The molecule has 0 fully saturated rings. The van der Waals surface area contributed by atoms with Crippen molar-refractivity contribution in [2.75, 3.05) is 7.11 Å². The highest BCUT2D eigenvalue weighted by molar-refractivity contribution is 7.14. The molecule has 20 heavy (non-hydrogen) atoms. The predicted molar refractivity (Wildman–Crippen MR) is 75.8 cm³/mol. The Hall–Kier alpha value is -2.47. The van der Waals surface area contributed by atoms with Crippen molar-refractivity contribution in [3.05, 3.63) is 51.5 Å². The molecule has 0 saturated carbocycles. The number of ether oxygens (including phenoxy) is 1. The van der Waals surface area contributed by atoms with Crippen molar-refractivity contribution in [1.29, 1.82) is 0 Å².